The highest BCUT2D eigenvalue weighted by atomic mass is 32.2. The lowest BCUT2D eigenvalue weighted by Crippen LogP contribution is -2.07. The Kier molecular flexibility index (Phi) is 3.87. The maximum Gasteiger partial charge on any atom is 0.177 e. The van der Waals surface area contributed by atoms with Gasteiger partial charge in [0, 0.05) is 6.26 Å². The van der Waals surface area contributed by atoms with Gasteiger partial charge in [0.05, 0.1) is 16.3 Å². The molecule has 2 aromatic carbocycles. The standard InChI is InChI=1S/C14H14F2N2O2S/c1-8-6-7-9(15)14(12(8)16)18-10-4-3-5-11(13(10)17)21(2,19)20/h3-7,18H,17H2,1-2H3. The molecule has 112 valence electrons. The van der Waals surface area contributed by atoms with Crippen LogP contribution in [0.15, 0.2) is 35.2 Å². The van der Waals surface area contributed by atoms with E-state index in [2.05, 4.69) is 5.32 Å². The lowest BCUT2D eigenvalue weighted by molar-refractivity contribution is 0.585. The zero-order chi connectivity index (χ0) is 15.8. The number of nitrogens with one attached hydrogen (secondary N) is 1. The molecule has 0 aliphatic carbocycles. The van der Waals surface area contributed by atoms with E-state index in [1.165, 1.54) is 31.2 Å². The molecular formula is C14H14F2N2O2S. The topological polar surface area (TPSA) is 72.2 Å². The fraction of sp³-hybridized carbons (Fsp3) is 0.143. The van der Waals surface area contributed by atoms with Crippen molar-refractivity contribution < 1.29 is 17.2 Å². The molecular weight excluding hydrogens is 298 g/mol. The first-order valence-electron chi connectivity index (χ1n) is 6.02. The van der Waals surface area contributed by atoms with E-state index in [1.807, 2.05) is 0 Å². The highest BCUT2D eigenvalue weighted by molar-refractivity contribution is 7.90. The third-order valence-corrected chi connectivity index (χ3v) is 4.16. The summed E-state index contributed by atoms with van der Waals surface area (Å²) in [6.07, 6.45) is 1.01. The van der Waals surface area contributed by atoms with Crippen molar-refractivity contribution in [3.8, 4) is 0 Å². The van der Waals surface area contributed by atoms with Crippen LogP contribution in [-0.4, -0.2) is 14.7 Å². The van der Waals surface area contributed by atoms with Gasteiger partial charge >= 0.3 is 0 Å². The number of hydrogen-bond acceptors (Lipinski definition) is 4. The second-order valence-electron chi connectivity index (χ2n) is 4.67. The van der Waals surface area contributed by atoms with E-state index >= 15 is 0 Å². The summed E-state index contributed by atoms with van der Waals surface area (Å²) in [4.78, 5) is -0.0963. The van der Waals surface area contributed by atoms with Gasteiger partial charge in [-0.1, -0.05) is 12.1 Å². The molecule has 0 saturated heterocycles. The van der Waals surface area contributed by atoms with Crippen LogP contribution in [0.2, 0.25) is 0 Å². The van der Waals surface area contributed by atoms with Crippen LogP contribution in [0.1, 0.15) is 5.56 Å². The molecule has 0 amide bonds. The summed E-state index contributed by atoms with van der Waals surface area (Å²) in [6.45, 7) is 1.50. The lowest BCUT2D eigenvalue weighted by Gasteiger charge is -2.14. The molecule has 0 spiro atoms. The van der Waals surface area contributed by atoms with Gasteiger partial charge in [-0.3, -0.25) is 0 Å². The normalized spacial score (nSPS) is 11.4. The Balaban J connectivity index is 2.54. The van der Waals surface area contributed by atoms with Crippen LogP contribution >= 0.6 is 0 Å². The molecule has 21 heavy (non-hydrogen) atoms. The first-order valence-corrected chi connectivity index (χ1v) is 7.91. The summed E-state index contributed by atoms with van der Waals surface area (Å²) in [7, 11) is -3.53. The van der Waals surface area contributed by atoms with E-state index in [0.29, 0.717) is 0 Å². The van der Waals surface area contributed by atoms with E-state index in [-0.39, 0.29) is 27.5 Å². The van der Waals surface area contributed by atoms with Gasteiger partial charge in [-0.05, 0) is 30.7 Å². The van der Waals surface area contributed by atoms with E-state index in [9.17, 15) is 17.2 Å². The van der Waals surface area contributed by atoms with E-state index in [0.717, 1.165) is 12.3 Å². The van der Waals surface area contributed by atoms with Crippen molar-refractivity contribution in [1.82, 2.24) is 0 Å². The third-order valence-electron chi connectivity index (χ3n) is 3.01. The number of nitrogen functional groups attached to an aromatic ring is 1. The van der Waals surface area contributed by atoms with Gasteiger partial charge in [0.1, 0.15) is 11.5 Å². The van der Waals surface area contributed by atoms with Crippen molar-refractivity contribution >= 4 is 26.9 Å². The molecule has 0 unspecified atom stereocenters. The van der Waals surface area contributed by atoms with Crippen molar-refractivity contribution in [3.63, 3.8) is 0 Å². The van der Waals surface area contributed by atoms with Gasteiger partial charge in [-0.15, -0.1) is 0 Å². The highest BCUT2D eigenvalue weighted by Crippen LogP contribution is 2.32. The van der Waals surface area contributed by atoms with Crippen molar-refractivity contribution in [3.05, 3.63) is 47.5 Å². The maximum atomic E-state index is 14.0. The molecule has 0 aliphatic heterocycles. The monoisotopic (exact) mass is 312 g/mol. The number of nitrogens with two attached hydrogens (primary N) is 1. The summed E-state index contributed by atoms with van der Waals surface area (Å²) in [6, 6.07) is 6.66. The van der Waals surface area contributed by atoms with Crippen LogP contribution in [0.5, 0.6) is 0 Å². The predicted molar refractivity (Wildman–Crippen MR) is 78.3 cm³/mol. The molecule has 3 N–H and O–H groups in total. The quantitative estimate of drug-likeness (QED) is 0.855. The number of sulfone groups is 1. The molecule has 0 aromatic heterocycles. The average molecular weight is 312 g/mol. The molecule has 0 saturated carbocycles. The predicted octanol–water partition coefficient (Wildman–Crippen LogP) is 3.00. The van der Waals surface area contributed by atoms with Gasteiger partial charge in [0.15, 0.2) is 15.7 Å². The third kappa shape index (κ3) is 2.97. The highest BCUT2D eigenvalue weighted by Gasteiger charge is 2.17. The molecule has 4 nitrogen and oxygen atoms in total. The Bertz CT molecular complexity index is 805. The SMILES string of the molecule is Cc1ccc(F)c(Nc2cccc(S(C)(=O)=O)c2N)c1F. The number of halogens is 2. The molecule has 7 heteroatoms. The number of benzene rings is 2. The summed E-state index contributed by atoms with van der Waals surface area (Å²) in [5.41, 5.74) is 5.70. The fourth-order valence-electron chi connectivity index (χ4n) is 1.88. The van der Waals surface area contributed by atoms with Crippen LogP contribution in [-0.2, 0) is 9.84 Å². The number of hydrogen-bond donors (Lipinski definition) is 2. The van der Waals surface area contributed by atoms with Gasteiger partial charge in [0.25, 0.3) is 0 Å². The van der Waals surface area contributed by atoms with E-state index in [1.54, 1.807) is 0 Å². The minimum absolute atomic E-state index is 0.0830. The van der Waals surface area contributed by atoms with E-state index in [4.69, 9.17) is 5.73 Å². The smallest absolute Gasteiger partial charge is 0.177 e. The zero-order valence-electron chi connectivity index (χ0n) is 11.4. The number of para-hydroxylation sites is 1. The first kappa shape index (κ1) is 15.2. The molecule has 2 rings (SSSR count). The van der Waals surface area contributed by atoms with Crippen LogP contribution < -0.4 is 11.1 Å². The molecule has 0 radical (unpaired) electrons. The minimum Gasteiger partial charge on any atom is -0.396 e. The zero-order valence-corrected chi connectivity index (χ0v) is 12.3. The van der Waals surface area contributed by atoms with Crippen LogP contribution in [0, 0.1) is 18.6 Å². The minimum atomic E-state index is -3.53. The molecule has 0 heterocycles. The van der Waals surface area contributed by atoms with Gasteiger partial charge in [0.2, 0.25) is 0 Å². The van der Waals surface area contributed by atoms with Gasteiger partial charge in [-0.25, -0.2) is 17.2 Å². The Labute approximate surface area is 121 Å². The Morgan fingerprint density at radius 2 is 1.81 bits per heavy atom. The number of rotatable bonds is 3. The lowest BCUT2D eigenvalue weighted by atomic mass is 10.2. The van der Waals surface area contributed by atoms with Crippen LogP contribution in [0.4, 0.5) is 25.8 Å². The second kappa shape index (κ2) is 5.33. The Hall–Kier alpha value is -2.15. The van der Waals surface area contributed by atoms with Crippen LogP contribution in [0.25, 0.3) is 0 Å². The summed E-state index contributed by atoms with van der Waals surface area (Å²) in [5, 5.41) is 2.52. The number of aryl methyl sites for hydroxylation is 1. The van der Waals surface area contributed by atoms with Crippen molar-refractivity contribution in [2.45, 2.75) is 11.8 Å². The average Bonchev–Trinajstić information content (AvgIpc) is 2.39. The van der Waals surface area contributed by atoms with Crippen molar-refractivity contribution in [2.24, 2.45) is 0 Å². The first-order chi connectivity index (χ1) is 9.71. The van der Waals surface area contributed by atoms with Gasteiger partial charge < -0.3 is 11.1 Å². The fourth-order valence-corrected chi connectivity index (χ4v) is 2.72. The largest absolute Gasteiger partial charge is 0.396 e. The van der Waals surface area contributed by atoms with Gasteiger partial charge in [-0.2, -0.15) is 0 Å². The van der Waals surface area contributed by atoms with E-state index < -0.39 is 21.5 Å². The van der Waals surface area contributed by atoms with Crippen molar-refractivity contribution in [2.75, 3.05) is 17.3 Å². The van der Waals surface area contributed by atoms with Crippen molar-refractivity contribution in [1.29, 1.82) is 0 Å². The molecule has 0 atom stereocenters. The molecule has 0 aliphatic rings. The summed E-state index contributed by atoms with van der Waals surface area (Å²) in [5.74, 6) is -1.54. The van der Waals surface area contributed by atoms with Crippen LogP contribution in [0.3, 0.4) is 0 Å². The number of anilines is 3. The summed E-state index contributed by atoms with van der Waals surface area (Å²) >= 11 is 0. The maximum absolute atomic E-state index is 14.0. The molecule has 0 bridgehead atoms. The molecule has 0 fully saturated rings. The Morgan fingerprint density at radius 3 is 2.43 bits per heavy atom. The Morgan fingerprint density at radius 1 is 1.14 bits per heavy atom. The summed E-state index contributed by atoms with van der Waals surface area (Å²) < 4.78 is 50.9. The molecule has 2 aromatic rings. The second-order valence-corrected chi connectivity index (χ2v) is 6.65.